The fourth-order valence-electron chi connectivity index (χ4n) is 2.75. The standard InChI is InChI=1S/C18H20N2O4S/c21-16-10-12-20(13-11-16)18(22)14-6-8-17(9-7-14)25(23,24)19-15-4-2-1-3-5-15/h1-9,16,19,21H,10-13H2. The minimum absolute atomic E-state index is 0.0990. The largest absolute Gasteiger partial charge is 0.393 e. The summed E-state index contributed by atoms with van der Waals surface area (Å²) in [6.45, 7) is 1.02. The number of carbonyl (C=O) groups excluding carboxylic acids is 1. The van der Waals surface area contributed by atoms with Gasteiger partial charge in [0, 0.05) is 24.3 Å². The number of carbonyl (C=O) groups is 1. The van der Waals surface area contributed by atoms with Crippen molar-refractivity contribution in [3.05, 3.63) is 60.2 Å². The van der Waals surface area contributed by atoms with Crippen LogP contribution in [-0.2, 0) is 10.0 Å². The van der Waals surface area contributed by atoms with E-state index in [-0.39, 0.29) is 16.9 Å². The first-order chi connectivity index (χ1) is 12.0. The van der Waals surface area contributed by atoms with Crippen molar-refractivity contribution in [2.75, 3.05) is 17.8 Å². The fraction of sp³-hybridized carbons (Fsp3) is 0.278. The average Bonchev–Trinajstić information content (AvgIpc) is 2.62. The highest BCUT2D eigenvalue weighted by molar-refractivity contribution is 7.92. The van der Waals surface area contributed by atoms with Crippen molar-refractivity contribution < 1.29 is 18.3 Å². The Kier molecular flexibility index (Phi) is 5.06. The molecule has 2 aromatic carbocycles. The molecule has 2 N–H and O–H groups in total. The zero-order valence-corrected chi connectivity index (χ0v) is 14.4. The summed E-state index contributed by atoms with van der Waals surface area (Å²) in [4.78, 5) is 14.2. The fourth-order valence-corrected chi connectivity index (χ4v) is 3.81. The summed E-state index contributed by atoms with van der Waals surface area (Å²) in [6.07, 6.45) is 0.791. The van der Waals surface area contributed by atoms with E-state index >= 15 is 0 Å². The van der Waals surface area contributed by atoms with Crippen LogP contribution >= 0.6 is 0 Å². The molecular formula is C18H20N2O4S. The van der Waals surface area contributed by atoms with Crippen LogP contribution in [0.4, 0.5) is 5.69 Å². The summed E-state index contributed by atoms with van der Waals surface area (Å²) < 4.78 is 27.3. The highest BCUT2D eigenvalue weighted by Gasteiger charge is 2.23. The van der Waals surface area contributed by atoms with Crippen LogP contribution in [0.25, 0.3) is 0 Å². The van der Waals surface area contributed by atoms with E-state index in [4.69, 9.17) is 0 Å². The van der Waals surface area contributed by atoms with E-state index in [1.165, 1.54) is 24.3 Å². The Morgan fingerprint density at radius 3 is 2.20 bits per heavy atom. The summed E-state index contributed by atoms with van der Waals surface area (Å²) in [5, 5.41) is 9.51. The number of sulfonamides is 1. The molecule has 1 fully saturated rings. The molecule has 25 heavy (non-hydrogen) atoms. The Balaban J connectivity index is 1.72. The van der Waals surface area contributed by atoms with Gasteiger partial charge in [0.25, 0.3) is 15.9 Å². The number of hydrogen-bond donors (Lipinski definition) is 2. The minimum Gasteiger partial charge on any atom is -0.393 e. The molecule has 6 nitrogen and oxygen atoms in total. The molecule has 0 atom stereocenters. The summed E-state index contributed by atoms with van der Waals surface area (Å²) in [5.74, 6) is -0.146. The van der Waals surface area contributed by atoms with Gasteiger partial charge >= 0.3 is 0 Å². The molecular weight excluding hydrogens is 340 g/mol. The van der Waals surface area contributed by atoms with E-state index in [1.54, 1.807) is 35.2 Å². The molecule has 1 saturated heterocycles. The van der Waals surface area contributed by atoms with Crippen LogP contribution in [-0.4, -0.2) is 43.5 Å². The molecule has 0 unspecified atom stereocenters. The predicted molar refractivity (Wildman–Crippen MR) is 94.8 cm³/mol. The first kappa shape index (κ1) is 17.4. The molecule has 0 saturated carbocycles. The summed E-state index contributed by atoms with van der Waals surface area (Å²) >= 11 is 0. The number of para-hydroxylation sites is 1. The van der Waals surface area contributed by atoms with Gasteiger partial charge in [0.05, 0.1) is 11.0 Å². The number of amides is 1. The van der Waals surface area contributed by atoms with Crippen LogP contribution in [0, 0.1) is 0 Å². The maximum absolute atomic E-state index is 12.4. The zero-order valence-electron chi connectivity index (χ0n) is 13.6. The molecule has 0 aliphatic carbocycles. The number of rotatable bonds is 4. The van der Waals surface area contributed by atoms with E-state index in [0.717, 1.165) is 0 Å². The lowest BCUT2D eigenvalue weighted by molar-refractivity contribution is 0.0546. The minimum atomic E-state index is -3.70. The molecule has 1 aliphatic rings. The Hall–Kier alpha value is -2.38. The molecule has 1 heterocycles. The second kappa shape index (κ2) is 7.25. The Morgan fingerprint density at radius 2 is 1.60 bits per heavy atom. The molecule has 3 rings (SSSR count). The lowest BCUT2D eigenvalue weighted by Crippen LogP contribution is -2.40. The first-order valence-electron chi connectivity index (χ1n) is 8.11. The average molecular weight is 360 g/mol. The van der Waals surface area contributed by atoms with Gasteiger partial charge < -0.3 is 10.0 Å². The molecule has 0 spiro atoms. The summed E-state index contributed by atoms with van der Waals surface area (Å²) in [5.41, 5.74) is 0.921. The highest BCUT2D eigenvalue weighted by Crippen LogP contribution is 2.18. The third kappa shape index (κ3) is 4.18. The number of hydrogen-bond acceptors (Lipinski definition) is 4. The van der Waals surface area contributed by atoms with E-state index < -0.39 is 10.0 Å². The Labute approximate surface area is 147 Å². The lowest BCUT2D eigenvalue weighted by Gasteiger charge is -2.29. The number of likely N-dealkylation sites (tertiary alicyclic amines) is 1. The van der Waals surface area contributed by atoms with Crippen LogP contribution in [0.2, 0.25) is 0 Å². The maximum Gasteiger partial charge on any atom is 0.261 e. The predicted octanol–water partition coefficient (Wildman–Crippen LogP) is 2.08. The number of piperidine rings is 1. The van der Waals surface area contributed by atoms with Crippen LogP contribution in [0.15, 0.2) is 59.5 Å². The maximum atomic E-state index is 12.4. The van der Waals surface area contributed by atoms with Crippen molar-refractivity contribution in [3.8, 4) is 0 Å². The highest BCUT2D eigenvalue weighted by atomic mass is 32.2. The number of nitrogens with zero attached hydrogens (tertiary/aromatic N) is 1. The molecule has 132 valence electrons. The SMILES string of the molecule is O=C(c1ccc(S(=O)(=O)Nc2ccccc2)cc1)N1CCC(O)CC1. The molecule has 1 amide bonds. The molecule has 0 aromatic heterocycles. The van der Waals surface area contributed by atoms with Gasteiger partial charge in [0.1, 0.15) is 0 Å². The summed E-state index contributed by atoms with van der Waals surface area (Å²) in [7, 11) is -3.70. The second-order valence-corrected chi connectivity index (χ2v) is 7.70. The van der Waals surface area contributed by atoms with Crippen molar-refractivity contribution in [2.24, 2.45) is 0 Å². The van der Waals surface area contributed by atoms with Gasteiger partial charge in [-0.1, -0.05) is 18.2 Å². The second-order valence-electron chi connectivity index (χ2n) is 6.02. The van der Waals surface area contributed by atoms with Gasteiger partial charge in [-0.05, 0) is 49.2 Å². The normalized spacial score (nSPS) is 15.8. The van der Waals surface area contributed by atoms with Crippen molar-refractivity contribution in [2.45, 2.75) is 23.8 Å². The Bertz CT molecular complexity index is 827. The number of aliphatic hydroxyl groups excluding tert-OH is 1. The van der Waals surface area contributed by atoms with Gasteiger partial charge in [0.15, 0.2) is 0 Å². The van der Waals surface area contributed by atoms with Crippen LogP contribution in [0.5, 0.6) is 0 Å². The van der Waals surface area contributed by atoms with Gasteiger partial charge in [-0.2, -0.15) is 0 Å². The topological polar surface area (TPSA) is 86.7 Å². The van der Waals surface area contributed by atoms with Crippen LogP contribution in [0.3, 0.4) is 0 Å². The van der Waals surface area contributed by atoms with Gasteiger partial charge in [-0.3, -0.25) is 9.52 Å². The molecule has 7 heteroatoms. The zero-order chi connectivity index (χ0) is 17.9. The molecule has 0 bridgehead atoms. The van der Waals surface area contributed by atoms with Crippen molar-refractivity contribution >= 4 is 21.6 Å². The number of anilines is 1. The van der Waals surface area contributed by atoms with E-state index in [9.17, 15) is 18.3 Å². The quantitative estimate of drug-likeness (QED) is 0.874. The van der Waals surface area contributed by atoms with Crippen molar-refractivity contribution in [1.82, 2.24) is 4.90 Å². The van der Waals surface area contributed by atoms with Crippen LogP contribution < -0.4 is 4.72 Å². The number of nitrogens with one attached hydrogen (secondary N) is 1. The lowest BCUT2D eigenvalue weighted by atomic mass is 10.1. The van der Waals surface area contributed by atoms with Crippen molar-refractivity contribution in [3.63, 3.8) is 0 Å². The molecule has 2 aromatic rings. The van der Waals surface area contributed by atoms with Gasteiger partial charge in [-0.25, -0.2) is 8.42 Å². The first-order valence-corrected chi connectivity index (χ1v) is 9.59. The van der Waals surface area contributed by atoms with Crippen molar-refractivity contribution in [1.29, 1.82) is 0 Å². The van der Waals surface area contributed by atoms with E-state index in [1.807, 2.05) is 0 Å². The third-order valence-electron chi connectivity index (χ3n) is 4.19. The third-order valence-corrected chi connectivity index (χ3v) is 5.59. The van der Waals surface area contributed by atoms with Crippen LogP contribution in [0.1, 0.15) is 23.2 Å². The number of benzene rings is 2. The van der Waals surface area contributed by atoms with E-state index in [2.05, 4.69) is 4.72 Å². The van der Waals surface area contributed by atoms with E-state index in [0.29, 0.717) is 37.2 Å². The molecule has 0 radical (unpaired) electrons. The number of aliphatic hydroxyl groups is 1. The van der Waals surface area contributed by atoms with Gasteiger partial charge in [-0.15, -0.1) is 0 Å². The summed E-state index contributed by atoms with van der Waals surface area (Å²) in [6, 6.07) is 14.5. The smallest absolute Gasteiger partial charge is 0.261 e. The van der Waals surface area contributed by atoms with Gasteiger partial charge in [0.2, 0.25) is 0 Å². The molecule has 1 aliphatic heterocycles. The Morgan fingerprint density at radius 1 is 1.00 bits per heavy atom. The monoisotopic (exact) mass is 360 g/mol.